The SMILES string of the molecule is C#CC(=O)c1cc(F)ccc1N. The number of terminal acetylenes is 1. The Labute approximate surface area is 69.2 Å². The second-order valence-corrected chi connectivity index (χ2v) is 2.21. The summed E-state index contributed by atoms with van der Waals surface area (Å²) in [5.74, 6) is 0.734. The summed E-state index contributed by atoms with van der Waals surface area (Å²) >= 11 is 0. The van der Waals surface area contributed by atoms with Crippen molar-refractivity contribution in [2.45, 2.75) is 0 Å². The number of carbonyl (C=O) groups is 1. The molecule has 3 heteroatoms. The Kier molecular flexibility index (Phi) is 2.11. The van der Waals surface area contributed by atoms with Crippen LogP contribution in [0.1, 0.15) is 10.4 Å². The van der Waals surface area contributed by atoms with E-state index in [2.05, 4.69) is 0 Å². The van der Waals surface area contributed by atoms with Gasteiger partial charge in [0.15, 0.2) is 0 Å². The number of nitrogens with two attached hydrogens (primary N) is 1. The highest BCUT2D eigenvalue weighted by Crippen LogP contribution is 2.13. The van der Waals surface area contributed by atoms with Gasteiger partial charge in [-0.1, -0.05) is 0 Å². The summed E-state index contributed by atoms with van der Waals surface area (Å²) in [5, 5.41) is 0. The number of ketones is 1. The van der Waals surface area contributed by atoms with E-state index in [1.54, 1.807) is 0 Å². The first-order valence-corrected chi connectivity index (χ1v) is 3.21. The van der Waals surface area contributed by atoms with E-state index in [1.165, 1.54) is 12.1 Å². The standard InChI is InChI=1S/C9H6FNO/c1-2-9(12)7-5-6(10)3-4-8(7)11/h1,3-5H,11H2. The lowest BCUT2D eigenvalue weighted by atomic mass is 10.1. The molecule has 1 rings (SSSR count). The maximum atomic E-state index is 12.6. The lowest BCUT2D eigenvalue weighted by Gasteiger charge is -1.99. The number of rotatable bonds is 1. The predicted molar refractivity (Wildman–Crippen MR) is 44.0 cm³/mol. The zero-order valence-electron chi connectivity index (χ0n) is 6.17. The summed E-state index contributed by atoms with van der Waals surface area (Å²) in [6.07, 6.45) is 4.85. The average Bonchev–Trinajstić information content (AvgIpc) is 2.08. The molecule has 0 atom stereocenters. The Morgan fingerprint density at radius 1 is 1.58 bits per heavy atom. The van der Waals surface area contributed by atoms with Crippen LogP contribution in [-0.4, -0.2) is 5.78 Å². The van der Waals surface area contributed by atoms with Gasteiger partial charge in [0.05, 0.1) is 5.56 Å². The van der Waals surface area contributed by atoms with E-state index in [9.17, 15) is 9.18 Å². The van der Waals surface area contributed by atoms with Crippen LogP contribution in [0.4, 0.5) is 10.1 Å². The van der Waals surface area contributed by atoms with Gasteiger partial charge in [-0.15, -0.1) is 6.42 Å². The number of hydrogen-bond acceptors (Lipinski definition) is 2. The van der Waals surface area contributed by atoms with Crippen molar-refractivity contribution in [2.24, 2.45) is 0 Å². The summed E-state index contributed by atoms with van der Waals surface area (Å²) in [5.41, 5.74) is 5.62. The third-order valence-electron chi connectivity index (χ3n) is 1.39. The highest BCUT2D eigenvalue weighted by Gasteiger charge is 2.07. The summed E-state index contributed by atoms with van der Waals surface area (Å²) in [6, 6.07) is 3.50. The van der Waals surface area contributed by atoms with Crippen molar-refractivity contribution in [3.05, 3.63) is 29.6 Å². The van der Waals surface area contributed by atoms with Crippen molar-refractivity contribution in [3.63, 3.8) is 0 Å². The van der Waals surface area contributed by atoms with Gasteiger partial charge in [0.2, 0.25) is 5.78 Å². The van der Waals surface area contributed by atoms with Crippen molar-refractivity contribution < 1.29 is 9.18 Å². The highest BCUT2D eigenvalue weighted by atomic mass is 19.1. The van der Waals surface area contributed by atoms with Crippen LogP contribution in [0, 0.1) is 18.2 Å². The van der Waals surface area contributed by atoms with Crippen molar-refractivity contribution in [1.29, 1.82) is 0 Å². The fraction of sp³-hybridized carbons (Fsp3) is 0. The number of benzene rings is 1. The van der Waals surface area contributed by atoms with Gasteiger partial charge in [-0.2, -0.15) is 0 Å². The van der Waals surface area contributed by atoms with Gasteiger partial charge in [-0.3, -0.25) is 4.79 Å². The number of anilines is 1. The molecule has 0 aromatic heterocycles. The fourth-order valence-corrected chi connectivity index (χ4v) is 0.803. The molecular formula is C9H6FNO. The van der Waals surface area contributed by atoms with Crippen LogP contribution in [-0.2, 0) is 0 Å². The average molecular weight is 163 g/mol. The largest absolute Gasteiger partial charge is 0.398 e. The lowest BCUT2D eigenvalue weighted by Crippen LogP contribution is -2.01. The minimum absolute atomic E-state index is 0.0394. The molecule has 0 unspecified atom stereocenters. The van der Waals surface area contributed by atoms with Crippen LogP contribution < -0.4 is 5.73 Å². The summed E-state index contributed by atoms with van der Waals surface area (Å²) < 4.78 is 12.6. The molecule has 0 fully saturated rings. The molecule has 0 amide bonds. The Morgan fingerprint density at radius 3 is 2.83 bits per heavy atom. The number of halogens is 1. The Balaban J connectivity index is 3.25. The van der Waals surface area contributed by atoms with Crippen molar-refractivity contribution >= 4 is 11.5 Å². The Bertz CT molecular complexity index is 365. The van der Waals surface area contributed by atoms with E-state index in [-0.39, 0.29) is 11.3 Å². The van der Waals surface area contributed by atoms with Crippen molar-refractivity contribution in [1.82, 2.24) is 0 Å². The molecule has 0 aliphatic heterocycles. The fourth-order valence-electron chi connectivity index (χ4n) is 0.803. The molecule has 0 aliphatic rings. The molecule has 0 spiro atoms. The molecule has 0 aliphatic carbocycles. The van der Waals surface area contributed by atoms with Gasteiger partial charge < -0.3 is 5.73 Å². The maximum Gasteiger partial charge on any atom is 0.237 e. The Morgan fingerprint density at radius 2 is 2.25 bits per heavy atom. The molecule has 1 aromatic rings. The summed E-state index contributed by atoms with van der Waals surface area (Å²) in [7, 11) is 0. The van der Waals surface area contributed by atoms with Crippen LogP contribution in [0.3, 0.4) is 0 Å². The number of nitrogen functional groups attached to an aromatic ring is 1. The van der Waals surface area contributed by atoms with Crippen LogP contribution in [0.15, 0.2) is 18.2 Å². The van der Waals surface area contributed by atoms with Crippen LogP contribution >= 0.6 is 0 Å². The first-order chi connectivity index (χ1) is 5.65. The van der Waals surface area contributed by atoms with E-state index < -0.39 is 11.6 Å². The van der Waals surface area contributed by atoms with Gasteiger partial charge >= 0.3 is 0 Å². The minimum Gasteiger partial charge on any atom is -0.398 e. The molecule has 0 saturated carbocycles. The predicted octanol–water partition coefficient (Wildman–Crippen LogP) is 1.22. The van der Waals surface area contributed by atoms with Gasteiger partial charge in [-0.25, -0.2) is 4.39 Å². The normalized spacial score (nSPS) is 9.00. The topological polar surface area (TPSA) is 43.1 Å². The van der Waals surface area contributed by atoms with Gasteiger partial charge in [0, 0.05) is 5.69 Å². The zero-order chi connectivity index (χ0) is 9.14. The maximum absolute atomic E-state index is 12.6. The van der Waals surface area contributed by atoms with Gasteiger partial charge in [-0.05, 0) is 24.1 Å². The number of Topliss-reactive ketones (excluding diaryl/α,β-unsaturated/α-hetero) is 1. The van der Waals surface area contributed by atoms with Gasteiger partial charge in [0.25, 0.3) is 0 Å². The third kappa shape index (κ3) is 1.43. The Hall–Kier alpha value is -1.82. The van der Waals surface area contributed by atoms with E-state index in [0.717, 1.165) is 6.07 Å². The van der Waals surface area contributed by atoms with Crippen LogP contribution in [0.25, 0.3) is 0 Å². The van der Waals surface area contributed by atoms with Gasteiger partial charge in [0.1, 0.15) is 5.82 Å². The highest BCUT2D eigenvalue weighted by molar-refractivity contribution is 6.11. The minimum atomic E-state index is -0.605. The van der Waals surface area contributed by atoms with Crippen molar-refractivity contribution in [2.75, 3.05) is 5.73 Å². The molecule has 12 heavy (non-hydrogen) atoms. The number of hydrogen-bond donors (Lipinski definition) is 1. The molecule has 0 heterocycles. The number of carbonyl (C=O) groups excluding carboxylic acids is 1. The molecule has 2 N–H and O–H groups in total. The molecule has 1 aromatic carbocycles. The lowest BCUT2D eigenvalue weighted by molar-refractivity contribution is 0.105. The monoisotopic (exact) mass is 163 g/mol. The molecule has 0 bridgehead atoms. The van der Waals surface area contributed by atoms with E-state index >= 15 is 0 Å². The summed E-state index contributed by atoms with van der Waals surface area (Å²) in [6.45, 7) is 0. The quantitative estimate of drug-likeness (QED) is 0.293. The van der Waals surface area contributed by atoms with E-state index in [4.69, 9.17) is 12.2 Å². The second-order valence-electron chi connectivity index (χ2n) is 2.21. The molecule has 2 nitrogen and oxygen atoms in total. The third-order valence-corrected chi connectivity index (χ3v) is 1.39. The molecule has 0 saturated heterocycles. The van der Waals surface area contributed by atoms with E-state index in [0.29, 0.717) is 0 Å². The molecule has 60 valence electrons. The van der Waals surface area contributed by atoms with Crippen molar-refractivity contribution in [3.8, 4) is 12.3 Å². The second kappa shape index (κ2) is 3.05. The summed E-state index contributed by atoms with van der Waals surface area (Å²) in [4.78, 5) is 10.9. The first kappa shape index (κ1) is 8.28. The smallest absolute Gasteiger partial charge is 0.237 e. The molecular weight excluding hydrogens is 157 g/mol. The zero-order valence-corrected chi connectivity index (χ0v) is 6.17. The van der Waals surface area contributed by atoms with E-state index in [1.807, 2.05) is 5.92 Å². The van der Waals surface area contributed by atoms with Crippen LogP contribution in [0.2, 0.25) is 0 Å². The molecule has 0 radical (unpaired) electrons. The first-order valence-electron chi connectivity index (χ1n) is 3.21. The van der Waals surface area contributed by atoms with Crippen LogP contribution in [0.5, 0.6) is 0 Å².